The van der Waals surface area contributed by atoms with Crippen molar-refractivity contribution in [3.05, 3.63) is 43.6 Å². The van der Waals surface area contributed by atoms with Crippen molar-refractivity contribution in [2.75, 3.05) is 12.8 Å². The Morgan fingerprint density at radius 3 is 2.89 bits per heavy atom. The highest BCUT2D eigenvalue weighted by atomic mass is 79.9. The van der Waals surface area contributed by atoms with Crippen molar-refractivity contribution in [2.45, 2.75) is 13.1 Å². The maximum atomic E-state index is 6.10. The zero-order valence-electron chi connectivity index (χ0n) is 9.86. The molecule has 0 atom stereocenters. The van der Waals surface area contributed by atoms with E-state index in [0.29, 0.717) is 17.4 Å². The van der Waals surface area contributed by atoms with Crippen LogP contribution in [-0.2, 0) is 13.1 Å². The molecular weight excluding hydrogens is 334 g/mol. The van der Waals surface area contributed by atoms with Gasteiger partial charge in [-0.05, 0) is 52.1 Å². The van der Waals surface area contributed by atoms with Crippen LogP contribution in [0.15, 0.2) is 27.4 Å². The Hall–Kier alpha value is -0.620. The first-order valence-electron chi connectivity index (χ1n) is 5.37. The second-order valence-electron chi connectivity index (χ2n) is 4.10. The Morgan fingerprint density at radius 1 is 1.44 bits per heavy atom. The number of nitrogens with two attached hydrogens (primary N) is 1. The number of hydrogen-bond acceptors (Lipinski definition) is 4. The van der Waals surface area contributed by atoms with Gasteiger partial charge in [-0.2, -0.15) is 0 Å². The average molecular weight is 347 g/mol. The first-order chi connectivity index (χ1) is 8.54. The van der Waals surface area contributed by atoms with Crippen LogP contribution in [-0.4, -0.2) is 16.9 Å². The van der Waals surface area contributed by atoms with Crippen LogP contribution < -0.4 is 5.73 Å². The number of nitrogen functional groups attached to an aromatic ring is 1. The van der Waals surface area contributed by atoms with Gasteiger partial charge in [-0.1, -0.05) is 11.6 Å². The summed E-state index contributed by atoms with van der Waals surface area (Å²) < 4.78 is 1.14. The van der Waals surface area contributed by atoms with Crippen LogP contribution in [0, 0.1) is 0 Å². The number of nitrogens with zero attached hydrogens (tertiary/aromatic N) is 2. The molecule has 2 aromatic heterocycles. The third kappa shape index (κ3) is 3.68. The van der Waals surface area contributed by atoms with Crippen molar-refractivity contribution in [2.24, 2.45) is 0 Å². The lowest BCUT2D eigenvalue weighted by atomic mass is 10.3. The average Bonchev–Trinajstić information content (AvgIpc) is 2.69. The molecule has 6 heteroatoms. The van der Waals surface area contributed by atoms with E-state index in [2.05, 4.69) is 37.3 Å². The van der Waals surface area contributed by atoms with E-state index in [4.69, 9.17) is 17.3 Å². The van der Waals surface area contributed by atoms with Crippen LogP contribution in [0.2, 0.25) is 5.02 Å². The topological polar surface area (TPSA) is 42.2 Å². The molecule has 2 N–H and O–H groups in total. The maximum Gasteiger partial charge on any atom is 0.123 e. The van der Waals surface area contributed by atoms with Crippen LogP contribution >= 0.6 is 38.9 Å². The van der Waals surface area contributed by atoms with E-state index in [0.717, 1.165) is 16.0 Å². The van der Waals surface area contributed by atoms with Gasteiger partial charge >= 0.3 is 0 Å². The predicted octanol–water partition coefficient (Wildman–Crippen LogP) is 3.77. The lowest BCUT2D eigenvalue weighted by Crippen LogP contribution is -2.18. The lowest BCUT2D eigenvalue weighted by Gasteiger charge is -2.16. The Kier molecular flexibility index (Phi) is 4.61. The first-order valence-corrected chi connectivity index (χ1v) is 7.42. The van der Waals surface area contributed by atoms with Crippen LogP contribution in [0.5, 0.6) is 0 Å². The summed E-state index contributed by atoms with van der Waals surface area (Å²) in [5.74, 6) is 0.501. The van der Waals surface area contributed by atoms with Crippen molar-refractivity contribution < 1.29 is 0 Å². The molecule has 0 spiro atoms. The summed E-state index contributed by atoms with van der Waals surface area (Å²) in [7, 11) is 2.03. The highest BCUT2D eigenvalue weighted by molar-refractivity contribution is 9.11. The van der Waals surface area contributed by atoms with Crippen LogP contribution in [0.1, 0.15) is 11.3 Å². The minimum atomic E-state index is 0.501. The van der Waals surface area contributed by atoms with Crippen molar-refractivity contribution in [3.8, 4) is 0 Å². The third-order valence-electron chi connectivity index (χ3n) is 2.43. The standard InChI is InChI=1S/C12H13BrClN3S/c1-17(5-8-4-11(13)18-7-8)6-10-9(14)2-3-12(15)16-10/h2-4,7H,5-6H2,1H3,(H2,15,16). The second-order valence-corrected chi connectivity index (χ2v) is 6.79. The Morgan fingerprint density at radius 2 is 2.22 bits per heavy atom. The highest BCUT2D eigenvalue weighted by Crippen LogP contribution is 2.22. The van der Waals surface area contributed by atoms with Gasteiger partial charge in [0.2, 0.25) is 0 Å². The molecule has 18 heavy (non-hydrogen) atoms. The van der Waals surface area contributed by atoms with Gasteiger partial charge in [0.05, 0.1) is 14.5 Å². The van der Waals surface area contributed by atoms with Crippen LogP contribution in [0.4, 0.5) is 5.82 Å². The molecule has 96 valence electrons. The molecule has 2 heterocycles. The molecule has 0 aromatic carbocycles. The molecule has 0 fully saturated rings. The summed E-state index contributed by atoms with van der Waals surface area (Å²) in [5, 5.41) is 2.79. The Bertz CT molecular complexity index is 544. The van der Waals surface area contributed by atoms with E-state index >= 15 is 0 Å². The fraction of sp³-hybridized carbons (Fsp3) is 0.250. The zero-order chi connectivity index (χ0) is 13.1. The van der Waals surface area contributed by atoms with E-state index in [1.165, 1.54) is 5.56 Å². The molecule has 2 rings (SSSR count). The zero-order valence-corrected chi connectivity index (χ0v) is 13.0. The summed E-state index contributed by atoms with van der Waals surface area (Å²) in [6, 6.07) is 5.62. The first kappa shape index (κ1) is 13.8. The SMILES string of the molecule is CN(Cc1csc(Br)c1)Cc1nc(N)ccc1Cl. The largest absolute Gasteiger partial charge is 0.384 e. The molecule has 3 nitrogen and oxygen atoms in total. The normalized spacial score (nSPS) is 11.1. The second kappa shape index (κ2) is 6.02. The van der Waals surface area contributed by atoms with Gasteiger partial charge in [0.25, 0.3) is 0 Å². The van der Waals surface area contributed by atoms with E-state index in [1.54, 1.807) is 23.5 Å². The lowest BCUT2D eigenvalue weighted by molar-refractivity contribution is 0.316. The fourth-order valence-electron chi connectivity index (χ4n) is 1.66. The summed E-state index contributed by atoms with van der Waals surface area (Å²) in [6.45, 7) is 1.53. The van der Waals surface area contributed by atoms with Gasteiger partial charge in [-0.15, -0.1) is 11.3 Å². The van der Waals surface area contributed by atoms with Crippen molar-refractivity contribution in [3.63, 3.8) is 0 Å². The predicted molar refractivity (Wildman–Crippen MR) is 80.8 cm³/mol. The molecule has 0 bridgehead atoms. The quantitative estimate of drug-likeness (QED) is 0.916. The molecule has 0 aliphatic carbocycles. The maximum absolute atomic E-state index is 6.10. The number of pyridine rings is 1. The number of halogens is 2. The molecule has 0 saturated carbocycles. The molecule has 0 radical (unpaired) electrons. The monoisotopic (exact) mass is 345 g/mol. The van der Waals surface area contributed by atoms with Gasteiger partial charge < -0.3 is 5.73 Å². The van der Waals surface area contributed by atoms with Gasteiger partial charge in [0, 0.05) is 13.1 Å². The summed E-state index contributed by atoms with van der Waals surface area (Å²) >= 11 is 11.2. The highest BCUT2D eigenvalue weighted by Gasteiger charge is 2.08. The van der Waals surface area contributed by atoms with Crippen LogP contribution in [0.3, 0.4) is 0 Å². The van der Waals surface area contributed by atoms with E-state index < -0.39 is 0 Å². The molecular formula is C12H13BrClN3S. The van der Waals surface area contributed by atoms with E-state index in [9.17, 15) is 0 Å². The number of thiophene rings is 1. The Labute approximate surface area is 124 Å². The van der Waals surface area contributed by atoms with E-state index in [-0.39, 0.29) is 0 Å². The molecule has 0 saturated heterocycles. The van der Waals surface area contributed by atoms with Crippen molar-refractivity contribution in [1.29, 1.82) is 0 Å². The van der Waals surface area contributed by atoms with Gasteiger partial charge in [-0.3, -0.25) is 4.90 Å². The molecule has 0 amide bonds. The van der Waals surface area contributed by atoms with E-state index in [1.807, 2.05) is 7.05 Å². The minimum absolute atomic E-state index is 0.501. The van der Waals surface area contributed by atoms with Crippen molar-refractivity contribution in [1.82, 2.24) is 9.88 Å². The number of aromatic nitrogens is 1. The van der Waals surface area contributed by atoms with Gasteiger partial charge in [0.15, 0.2) is 0 Å². The summed E-state index contributed by atoms with van der Waals surface area (Å²) in [4.78, 5) is 6.41. The molecule has 0 aliphatic heterocycles. The summed E-state index contributed by atoms with van der Waals surface area (Å²) in [5.41, 5.74) is 7.75. The smallest absolute Gasteiger partial charge is 0.123 e. The minimum Gasteiger partial charge on any atom is -0.384 e. The van der Waals surface area contributed by atoms with Crippen LogP contribution in [0.25, 0.3) is 0 Å². The van der Waals surface area contributed by atoms with Gasteiger partial charge in [-0.25, -0.2) is 4.98 Å². The number of hydrogen-bond donors (Lipinski definition) is 1. The molecule has 0 unspecified atom stereocenters. The Balaban J connectivity index is 2.02. The third-order valence-corrected chi connectivity index (χ3v) is 4.33. The molecule has 0 aliphatic rings. The number of anilines is 1. The summed E-state index contributed by atoms with van der Waals surface area (Å²) in [6.07, 6.45) is 0. The van der Waals surface area contributed by atoms with Crippen molar-refractivity contribution >= 4 is 44.7 Å². The fourth-order valence-corrected chi connectivity index (χ4v) is 3.03. The molecule has 2 aromatic rings. The van der Waals surface area contributed by atoms with Gasteiger partial charge in [0.1, 0.15) is 5.82 Å². The number of rotatable bonds is 4.